The van der Waals surface area contributed by atoms with E-state index < -0.39 is 9.05 Å². The average molecular weight is 338 g/mol. The molecule has 1 amide bonds. The van der Waals surface area contributed by atoms with Gasteiger partial charge in [0.05, 0.1) is 0 Å². The zero-order valence-corrected chi connectivity index (χ0v) is 13.4. The Kier molecular flexibility index (Phi) is 5.06. The van der Waals surface area contributed by atoms with Crippen LogP contribution in [0.3, 0.4) is 0 Å². The number of thiophene rings is 1. The Hall–Kier alpha value is -0.630. The second kappa shape index (κ2) is 6.43. The van der Waals surface area contributed by atoms with Crippen LogP contribution >= 0.6 is 22.0 Å². The SMILES string of the molecule is CC1CCOC1C(=O)NCCc1ccc(S(=O)(=O)Cl)s1. The number of ether oxygens (including phenoxy) is 1. The molecule has 1 saturated heterocycles. The quantitative estimate of drug-likeness (QED) is 0.831. The monoisotopic (exact) mass is 337 g/mol. The van der Waals surface area contributed by atoms with Crippen LogP contribution in [0.25, 0.3) is 0 Å². The summed E-state index contributed by atoms with van der Waals surface area (Å²) in [5, 5.41) is 2.81. The van der Waals surface area contributed by atoms with Crippen molar-refractivity contribution in [3.63, 3.8) is 0 Å². The molecule has 1 aromatic rings. The fourth-order valence-electron chi connectivity index (χ4n) is 2.06. The lowest BCUT2D eigenvalue weighted by atomic mass is 10.0. The highest BCUT2D eigenvalue weighted by molar-refractivity contribution is 8.15. The predicted octanol–water partition coefficient (Wildman–Crippen LogP) is 1.76. The minimum atomic E-state index is -3.66. The second-order valence-electron chi connectivity index (χ2n) is 4.76. The number of rotatable bonds is 5. The summed E-state index contributed by atoms with van der Waals surface area (Å²) in [5.74, 6) is 0.140. The molecule has 8 heteroatoms. The highest BCUT2D eigenvalue weighted by Gasteiger charge is 2.30. The third-order valence-corrected chi connectivity index (χ3v) is 6.43. The first-order valence-electron chi connectivity index (χ1n) is 6.30. The topological polar surface area (TPSA) is 72.5 Å². The smallest absolute Gasteiger partial charge is 0.270 e. The fraction of sp³-hybridized carbons (Fsp3) is 0.583. The van der Waals surface area contributed by atoms with Gasteiger partial charge in [0.15, 0.2) is 0 Å². The van der Waals surface area contributed by atoms with Crippen molar-refractivity contribution in [2.75, 3.05) is 13.2 Å². The first-order chi connectivity index (χ1) is 9.38. The molecule has 0 radical (unpaired) electrons. The number of carbonyl (C=O) groups is 1. The fourth-order valence-corrected chi connectivity index (χ4v) is 4.19. The minimum Gasteiger partial charge on any atom is -0.368 e. The van der Waals surface area contributed by atoms with Gasteiger partial charge >= 0.3 is 0 Å². The van der Waals surface area contributed by atoms with Gasteiger partial charge < -0.3 is 10.1 Å². The van der Waals surface area contributed by atoms with Gasteiger partial charge in [-0.3, -0.25) is 4.79 Å². The normalized spacial score (nSPS) is 22.9. The molecule has 0 spiro atoms. The summed E-state index contributed by atoms with van der Waals surface area (Å²) < 4.78 is 27.8. The van der Waals surface area contributed by atoms with E-state index in [0.717, 1.165) is 22.6 Å². The Balaban J connectivity index is 1.81. The van der Waals surface area contributed by atoms with Gasteiger partial charge in [-0.15, -0.1) is 11.3 Å². The summed E-state index contributed by atoms with van der Waals surface area (Å²) in [6.07, 6.45) is 1.11. The van der Waals surface area contributed by atoms with E-state index in [2.05, 4.69) is 5.32 Å². The van der Waals surface area contributed by atoms with E-state index in [1.54, 1.807) is 6.07 Å². The summed E-state index contributed by atoms with van der Waals surface area (Å²) in [4.78, 5) is 12.7. The molecule has 0 aliphatic carbocycles. The summed E-state index contributed by atoms with van der Waals surface area (Å²) in [7, 11) is 1.59. The van der Waals surface area contributed by atoms with E-state index in [0.29, 0.717) is 19.6 Å². The van der Waals surface area contributed by atoms with Gasteiger partial charge in [0.25, 0.3) is 9.05 Å². The van der Waals surface area contributed by atoms with E-state index in [4.69, 9.17) is 15.4 Å². The molecular formula is C12H16ClNO4S2. The summed E-state index contributed by atoms with van der Waals surface area (Å²) in [6, 6.07) is 3.19. The van der Waals surface area contributed by atoms with Gasteiger partial charge in [0.1, 0.15) is 10.3 Å². The van der Waals surface area contributed by atoms with Crippen molar-refractivity contribution >= 4 is 37.0 Å². The molecule has 0 bridgehead atoms. The molecule has 5 nitrogen and oxygen atoms in total. The lowest BCUT2D eigenvalue weighted by Gasteiger charge is -2.14. The van der Waals surface area contributed by atoms with E-state index in [1.165, 1.54) is 6.07 Å². The van der Waals surface area contributed by atoms with Crippen molar-refractivity contribution in [3.8, 4) is 0 Å². The van der Waals surface area contributed by atoms with Crippen LogP contribution in [-0.4, -0.2) is 33.6 Å². The van der Waals surface area contributed by atoms with Crippen LogP contribution in [-0.2, 0) is 25.0 Å². The van der Waals surface area contributed by atoms with Crippen molar-refractivity contribution in [1.82, 2.24) is 5.32 Å². The summed E-state index contributed by atoms with van der Waals surface area (Å²) >= 11 is 1.12. The maximum Gasteiger partial charge on any atom is 0.270 e. The molecular weight excluding hydrogens is 322 g/mol. The Morgan fingerprint density at radius 1 is 1.55 bits per heavy atom. The molecule has 1 aliphatic rings. The van der Waals surface area contributed by atoms with Gasteiger partial charge in [-0.2, -0.15) is 0 Å². The molecule has 20 heavy (non-hydrogen) atoms. The van der Waals surface area contributed by atoms with E-state index in [-0.39, 0.29) is 22.1 Å². The summed E-state index contributed by atoms with van der Waals surface area (Å²) in [5.41, 5.74) is 0. The zero-order chi connectivity index (χ0) is 14.8. The van der Waals surface area contributed by atoms with Crippen LogP contribution in [0.4, 0.5) is 0 Å². The first-order valence-corrected chi connectivity index (χ1v) is 9.43. The third-order valence-electron chi connectivity index (χ3n) is 3.19. The molecule has 1 N–H and O–H groups in total. The van der Waals surface area contributed by atoms with Crippen molar-refractivity contribution in [3.05, 3.63) is 17.0 Å². The average Bonchev–Trinajstić information content (AvgIpc) is 2.97. The summed E-state index contributed by atoms with van der Waals surface area (Å²) in [6.45, 7) is 3.07. The maximum atomic E-state index is 11.9. The van der Waals surface area contributed by atoms with Crippen LogP contribution in [0.1, 0.15) is 18.2 Å². The Bertz CT molecular complexity index is 584. The highest BCUT2D eigenvalue weighted by Crippen LogP contribution is 2.25. The molecule has 2 atom stereocenters. The largest absolute Gasteiger partial charge is 0.368 e. The van der Waals surface area contributed by atoms with Crippen molar-refractivity contribution < 1.29 is 17.9 Å². The number of halogens is 1. The van der Waals surface area contributed by atoms with Crippen molar-refractivity contribution in [1.29, 1.82) is 0 Å². The maximum absolute atomic E-state index is 11.9. The van der Waals surface area contributed by atoms with Gasteiger partial charge in [0.2, 0.25) is 5.91 Å². The van der Waals surface area contributed by atoms with Gasteiger partial charge in [-0.1, -0.05) is 6.92 Å². The Morgan fingerprint density at radius 3 is 2.85 bits per heavy atom. The molecule has 0 saturated carbocycles. The Morgan fingerprint density at radius 2 is 2.30 bits per heavy atom. The van der Waals surface area contributed by atoms with Gasteiger partial charge in [-0.25, -0.2) is 8.42 Å². The predicted molar refractivity (Wildman–Crippen MR) is 77.6 cm³/mol. The molecule has 2 rings (SSSR count). The molecule has 1 aliphatic heterocycles. The minimum absolute atomic E-state index is 0.100. The third kappa shape index (κ3) is 3.94. The first kappa shape index (κ1) is 15.8. The lowest BCUT2D eigenvalue weighted by molar-refractivity contribution is -0.131. The number of hydrogen-bond donors (Lipinski definition) is 1. The van der Waals surface area contributed by atoms with Crippen LogP contribution in [0.2, 0.25) is 0 Å². The van der Waals surface area contributed by atoms with E-state index in [1.807, 2.05) is 6.92 Å². The Labute approximate surface area is 126 Å². The number of nitrogens with one attached hydrogen (secondary N) is 1. The van der Waals surface area contributed by atoms with Crippen LogP contribution in [0.5, 0.6) is 0 Å². The molecule has 1 fully saturated rings. The van der Waals surface area contributed by atoms with Crippen LogP contribution in [0.15, 0.2) is 16.3 Å². The van der Waals surface area contributed by atoms with Crippen molar-refractivity contribution in [2.45, 2.75) is 30.1 Å². The molecule has 112 valence electrons. The standard InChI is InChI=1S/C12H16ClNO4S2/c1-8-5-7-18-11(8)12(15)14-6-4-9-2-3-10(19-9)20(13,16)17/h2-3,8,11H,4-7H2,1H3,(H,14,15). The molecule has 2 heterocycles. The van der Waals surface area contributed by atoms with Crippen LogP contribution in [0, 0.1) is 5.92 Å². The number of hydrogen-bond acceptors (Lipinski definition) is 5. The van der Waals surface area contributed by atoms with Crippen LogP contribution < -0.4 is 5.32 Å². The van der Waals surface area contributed by atoms with Gasteiger partial charge in [0, 0.05) is 28.7 Å². The van der Waals surface area contributed by atoms with E-state index in [9.17, 15) is 13.2 Å². The number of carbonyl (C=O) groups excluding carboxylic acids is 1. The van der Waals surface area contributed by atoms with Crippen molar-refractivity contribution in [2.24, 2.45) is 5.92 Å². The van der Waals surface area contributed by atoms with E-state index >= 15 is 0 Å². The highest BCUT2D eigenvalue weighted by atomic mass is 35.7. The molecule has 0 aromatic carbocycles. The molecule has 1 aromatic heterocycles. The number of amides is 1. The zero-order valence-electron chi connectivity index (χ0n) is 11.0. The lowest BCUT2D eigenvalue weighted by Crippen LogP contribution is -2.38. The second-order valence-corrected chi connectivity index (χ2v) is 8.72. The molecule has 2 unspecified atom stereocenters. The van der Waals surface area contributed by atoms with Gasteiger partial charge in [-0.05, 0) is 30.9 Å².